The number of hydrogen-bond acceptors (Lipinski definition) is 2. The van der Waals surface area contributed by atoms with Gasteiger partial charge in [0.05, 0.1) is 0 Å². The van der Waals surface area contributed by atoms with Crippen LogP contribution < -0.4 is 0 Å². The molecular formula is C19H22FeO2. The minimum Gasteiger partial charge on any atom is -0.255 e. The SMILES string of the molecule is CC(C)[C]12[CH]3[CH]4[CH]5[C]1(c1ccccc1)[Fe]45321678[CH]2[CH]1[CH]6[CH]7[CH]28.OO. The maximum Gasteiger partial charge on any atom is -0.255 e. The number of hydrogen-bond donors (Lipinski definition) is 2. The smallest absolute Gasteiger partial charge is 0.255 e. The van der Waals surface area contributed by atoms with Crippen molar-refractivity contribution in [3.8, 4) is 0 Å². The molecule has 10 heterocycles. The van der Waals surface area contributed by atoms with E-state index in [2.05, 4.69) is 44.2 Å². The first kappa shape index (κ1) is 9.83. The van der Waals surface area contributed by atoms with Crippen LogP contribution in [0, 0.1) is 5.92 Å². The molecule has 0 amide bonds. The second-order valence-electron chi connectivity index (χ2n) is 12.3. The molecule has 0 saturated carbocycles. The first-order valence-corrected chi connectivity index (χ1v) is 15.2. The zero-order valence-electron chi connectivity index (χ0n) is 12.8. The Morgan fingerprint density at radius 1 is 0.864 bits per heavy atom. The van der Waals surface area contributed by atoms with Crippen LogP contribution >= 0.6 is 0 Å². The van der Waals surface area contributed by atoms with E-state index in [0.29, 0.717) is 0 Å². The fourth-order valence-corrected chi connectivity index (χ4v) is 98.5. The molecule has 1 aromatic rings. The van der Waals surface area contributed by atoms with Crippen LogP contribution in [-0.2, 0) is 10.8 Å². The zero-order valence-corrected chi connectivity index (χ0v) is 13.9. The molecule has 118 valence electrons. The van der Waals surface area contributed by atoms with Gasteiger partial charge in [0, 0.05) is 0 Å². The maximum absolute atomic E-state index is 6.00. The molecule has 0 bridgehead atoms. The normalized spacial score (nSPS) is 97.5. The monoisotopic (exact) mass is 338 g/mol. The molecule has 3 heteroatoms. The maximum atomic E-state index is 6.00. The molecule has 10 aliphatic heterocycles. The van der Waals surface area contributed by atoms with Gasteiger partial charge in [0.1, 0.15) is 0 Å². The Labute approximate surface area is 120 Å². The Kier molecular flexibility index (Phi) is 0.425. The van der Waals surface area contributed by atoms with Crippen LogP contribution in [0.25, 0.3) is 0 Å². The van der Waals surface area contributed by atoms with Crippen molar-refractivity contribution >= 4 is 0 Å². The molecule has 0 aromatic heterocycles. The van der Waals surface area contributed by atoms with Gasteiger partial charge >= 0.3 is 109 Å². The van der Waals surface area contributed by atoms with Gasteiger partial charge < -0.3 is 0 Å². The van der Waals surface area contributed by atoms with Gasteiger partial charge in [0.2, 0.25) is 0 Å². The van der Waals surface area contributed by atoms with E-state index in [4.69, 9.17) is 10.5 Å². The summed E-state index contributed by atoms with van der Waals surface area (Å²) in [7, 11) is 0. The van der Waals surface area contributed by atoms with E-state index in [1.54, 1.807) is 0 Å². The first-order chi connectivity index (χ1) is 10.5. The summed E-state index contributed by atoms with van der Waals surface area (Å²) in [5.74, 6) is 1.02. The van der Waals surface area contributed by atoms with E-state index in [1.807, 2.05) is 5.56 Å². The Bertz CT molecular complexity index is 1190. The van der Waals surface area contributed by atoms with E-state index in [9.17, 15) is 0 Å². The Morgan fingerprint density at radius 2 is 1.41 bits per heavy atom. The van der Waals surface area contributed by atoms with E-state index in [0.717, 1.165) is 14.5 Å². The average Bonchev–Trinajstić information content (AvgIpc) is 3.49. The fourth-order valence-electron chi connectivity index (χ4n) is 20.0. The fraction of sp³-hybridized carbons (Fsp3) is 0.684. The summed E-state index contributed by atoms with van der Waals surface area (Å²) in [6.07, 6.45) is 0. The zero-order chi connectivity index (χ0) is 14.6. The van der Waals surface area contributed by atoms with Gasteiger partial charge in [-0.05, 0) is 0 Å². The van der Waals surface area contributed by atoms with Gasteiger partial charge in [-0.25, -0.2) is 0 Å². The Hall–Kier alpha value is -0.341. The predicted molar refractivity (Wildman–Crippen MR) is 80.9 cm³/mol. The molecule has 5 atom stereocenters. The summed E-state index contributed by atoms with van der Waals surface area (Å²) in [6, 6.07) is 12.1. The van der Waals surface area contributed by atoms with Crippen LogP contribution in [0.5, 0.6) is 0 Å². The summed E-state index contributed by atoms with van der Waals surface area (Å²) < 4.78 is 1.90. The van der Waals surface area contributed by atoms with E-state index >= 15 is 0 Å². The molecule has 0 radical (unpaired) electrons. The number of benzene rings is 1. The molecule has 2 nitrogen and oxygen atoms in total. The van der Waals surface area contributed by atoms with Crippen molar-refractivity contribution in [3.63, 3.8) is 0 Å². The minimum absolute atomic E-state index is 0.904. The summed E-state index contributed by atoms with van der Waals surface area (Å²) >= 11 is 0. The standard InChI is InChI=1S/C14H15.C5H5.Fe.H2O2/c1-11(2)13-9-6-10-14(13)12-7-4-3-5-8-12;1-2-4-5-3-1;;1-2/h3-11H,1-2H3;1-5H;;1-2H. The summed E-state index contributed by atoms with van der Waals surface area (Å²) in [4.78, 5) is 11.4. The molecule has 22 heavy (non-hydrogen) atoms. The van der Waals surface area contributed by atoms with E-state index in [-0.39, 0.29) is 0 Å². The van der Waals surface area contributed by atoms with Crippen LogP contribution in [0.4, 0.5) is 0 Å². The van der Waals surface area contributed by atoms with Crippen LogP contribution in [0.2, 0.25) is 42.8 Å². The molecule has 2 N–H and O–H groups in total. The first-order valence-electron chi connectivity index (χ1n) is 8.95. The molecule has 5 unspecified atom stereocenters. The minimum atomic E-state index is -3.12. The molecule has 1 aromatic carbocycles. The van der Waals surface area contributed by atoms with Crippen molar-refractivity contribution in [1.82, 2.24) is 0 Å². The number of rotatable bonds is 2. The van der Waals surface area contributed by atoms with Crippen LogP contribution in [0.1, 0.15) is 19.4 Å². The van der Waals surface area contributed by atoms with Crippen molar-refractivity contribution in [1.29, 1.82) is 0 Å². The van der Waals surface area contributed by atoms with Crippen molar-refractivity contribution in [2.75, 3.05) is 0 Å². The largest absolute Gasteiger partial charge is 0.255 e. The van der Waals surface area contributed by atoms with E-state index in [1.165, 1.54) is 38.5 Å². The van der Waals surface area contributed by atoms with Gasteiger partial charge in [0.15, 0.2) is 0 Å². The molecule has 1 spiro atoms. The van der Waals surface area contributed by atoms with Gasteiger partial charge in [-0.1, -0.05) is 0 Å². The molecule has 0 aliphatic carbocycles. The Balaban J connectivity index is 0.000000424. The predicted octanol–water partition coefficient (Wildman–Crippen LogP) is 5.53. The van der Waals surface area contributed by atoms with Crippen molar-refractivity contribution in [2.45, 2.75) is 61.0 Å². The molecule has 10 saturated heterocycles. The Morgan fingerprint density at radius 3 is 1.77 bits per heavy atom. The molecule has 10 fully saturated rings. The van der Waals surface area contributed by atoms with Gasteiger partial charge in [-0.2, -0.15) is 0 Å². The number of fused-ring (bicyclic) bond motifs is 10. The van der Waals surface area contributed by atoms with E-state index < -0.39 is 6.51 Å². The second kappa shape index (κ2) is 0.950. The molecule has 11 rings (SSSR count). The van der Waals surface area contributed by atoms with Gasteiger partial charge in [-0.3, -0.25) is 10.5 Å². The second-order valence-corrected chi connectivity index (χ2v) is 35.6. The molecule has 10 aliphatic rings. The molecular weight excluding hydrogens is 316 g/mol. The van der Waals surface area contributed by atoms with Crippen LogP contribution in [0.3, 0.4) is 0 Å². The summed E-state index contributed by atoms with van der Waals surface area (Å²) in [6.45, 7) is 2.17. The van der Waals surface area contributed by atoms with Gasteiger partial charge in [-0.15, -0.1) is 0 Å². The quantitative estimate of drug-likeness (QED) is 0.423. The average molecular weight is 338 g/mol. The topological polar surface area (TPSA) is 40.5 Å². The van der Waals surface area contributed by atoms with Crippen LogP contribution in [0.15, 0.2) is 30.3 Å². The summed E-state index contributed by atoms with van der Waals surface area (Å²) in [5, 5.41) is 12.0. The van der Waals surface area contributed by atoms with Crippen molar-refractivity contribution in [2.24, 2.45) is 5.92 Å². The van der Waals surface area contributed by atoms with Crippen molar-refractivity contribution in [3.05, 3.63) is 35.9 Å². The summed E-state index contributed by atoms with van der Waals surface area (Å²) in [5.41, 5.74) is 1.88. The third-order valence-corrected chi connectivity index (χ3v) is 60.4. The van der Waals surface area contributed by atoms with Gasteiger partial charge in [0.25, 0.3) is 0 Å². The third kappa shape index (κ3) is 0.113. The van der Waals surface area contributed by atoms with Crippen molar-refractivity contribution < 1.29 is 17.0 Å². The van der Waals surface area contributed by atoms with Crippen LogP contribution in [-0.4, -0.2) is 10.5 Å². The third-order valence-electron chi connectivity index (χ3n) is 17.0.